The molecule has 2 aromatic rings. The summed E-state index contributed by atoms with van der Waals surface area (Å²) in [5, 5.41) is 1.20. The van der Waals surface area contributed by atoms with Crippen LogP contribution in [-0.2, 0) is 0 Å². The van der Waals surface area contributed by atoms with Crippen LogP contribution in [0.3, 0.4) is 0 Å². The Morgan fingerprint density at radius 1 is 1.50 bits per heavy atom. The van der Waals surface area contributed by atoms with Crippen LogP contribution in [0.25, 0.3) is 11.0 Å². The third-order valence-corrected chi connectivity index (χ3v) is 2.03. The Kier molecular flexibility index (Phi) is 1.61. The van der Waals surface area contributed by atoms with Crippen LogP contribution in [0.15, 0.2) is 24.4 Å². The number of rotatable bonds is 1. The van der Waals surface area contributed by atoms with Crippen LogP contribution in [0.5, 0.6) is 0 Å². The second-order valence-electron chi connectivity index (χ2n) is 3.32. The molecular formula is C10H14N2. The minimum Gasteiger partial charge on any atom is -0.343 e. The summed E-state index contributed by atoms with van der Waals surface area (Å²) >= 11 is 0. The lowest BCUT2D eigenvalue weighted by Gasteiger charge is -1.97. The van der Waals surface area contributed by atoms with E-state index in [4.69, 9.17) is 0 Å². The zero-order chi connectivity index (χ0) is 8.55. The van der Waals surface area contributed by atoms with Crippen molar-refractivity contribution in [3.63, 3.8) is 0 Å². The predicted molar refractivity (Wildman–Crippen MR) is 52.3 cm³/mol. The van der Waals surface area contributed by atoms with Gasteiger partial charge in [0.2, 0.25) is 0 Å². The Morgan fingerprint density at radius 3 is 3.00 bits per heavy atom. The van der Waals surface area contributed by atoms with Crippen LogP contribution < -0.4 is 0 Å². The van der Waals surface area contributed by atoms with Crippen molar-refractivity contribution in [1.29, 1.82) is 0 Å². The van der Waals surface area contributed by atoms with Gasteiger partial charge in [0.25, 0.3) is 0 Å². The number of aromatic nitrogens is 2. The Morgan fingerprint density at radius 2 is 2.33 bits per heavy atom. The van der Waals surface area contributed by atoms with Gasteiger partial charge in [0.1, 0.15) is 5.65 Å². The quantitative estimate of drug-likeness (QED) is 0.686. The lowest BCUT2D eigenvalue weighted by molar-refractivity contribution is 0.835. The van der Waals surface area contributed by atoms with Gasteiger partial charge in [-0.1, -0.05) is 13.8 Å². The Hall–Kier alpha value is -1.31. The summed E-state index contributed by atoms with van der Waals surface area (Å²) < 4.78 is 0. The van der Waals surface area contributed by atoms with E-state index in [0.717, 1.165) is 5.65 Å². The van der Waals surface area contributed by atoms with E-state index in [9.17, 15) is 0 Å². The summed E-state index contributed by atoms with van der Waals surface area (Å²) in [4.78, 5) is 7.51. The van der Waals surface area contributed by atoms with Crippen molar-refractivity contribution in [3.8, 4) is 0 Å². The molecule has 0 fully saturated rings. The van der Waals surface area contributed by atoms with Gasteiger partial charge in [-0.15, -0.1) is 0 Å². The minimum absolute atomic E-state index is 0. The molecule has 0 saturated heterocycles. The van der Waals surface area contributed by atoms with Crippen molar-refractivity contribution >= 4 is 11.0 Å². The van der Waals surface area contributed by atoms with Gasteiger partial charge in [-0.3, -0.25) is 0 Å². The van der Waals surface area contributed by atoms with Crippen molar-refractivity contribution in [3.05, 3.63) is 30.1 Å². The monoisotopic (exact) mass is 162 g/mol. The normalized spacial score (nSPS) is 11.2. The molecular weight excluding hydrogens is 148 g/mol. The molecule has 64 valence electrons. The van der Waals surface area contributed by atoms with E-state index in [-0.39, 0.29) is 1.43 Å². The number of nitrogens with one attached hydrogen (secondary N) is 1. The number of hydrogen-bond donors (Lipinski definition) is 1. The average molecular weight is 162 g/mol. The second-order valence-corrected chi connectivity index (χ2v) is 3.32. The lowest BCUT2D eigenvalue weighted by atomic mass is 10.1. The van der Waals surface area contributed by atoms with E-state index >= 15 is 0 Å². The molecule has 0 aliphatic carbocycles. The molecule has 2 aromatic heterocycles. The van der Waals surface area contributed by atoms with Crippen molar-refractivity contribution in [2.45, 2.75) is 19.8 Å². The van der Waals surface area contributed by atoms with Crippen LogP contribution >= 0.6 is 0 Å². The number of fused-ring (bicyclic) bond motifs is 1. The fourth-order valence-electron chi connectivity index (χ4n) is 1.29. The highest BCUT2D eigenvalue weighted by atomic mass is 14.9. The standard InChI is InChI=1S/C10H12N2.H2/c1-7(2)9-6-8-4-3-5-11-10(8)12-9;/h3-7H,1-2H3,(H,11,12);1H. The van der Waals surface area contributed by atoms with Crippen LogP contribution in [0, 0.1) is 0 Å². The van der Waals surface area contributed by atoms with Gasteiger partial charge in [0.05, 0.1) is 0 Å². The maximum atomic E-state index is 4.23. The first-order chi connectivity index (χ1) is 5.77. The number of pyridine rings is 1. The maximum Gasteiger partial charge on any atom is 0.137 e. The zero-order valence-corrected chi connectivity index (χ0v) is 7.33. The predicted octanol–water partition coefficient (Wildman–Crippen LogP) is 2.93. The number of H-pyrrole nitrogens is 1. The minimum atomic E-state index is 0. The zero-order valence-electron chi connectivity index (χ0n) is 7.33. The maximum absolute atomic E-state index is 4.23. The first kappa shape index (κ1) is 7.35. The molecule has 2 heterocycles. The second kappa shape index (κ2) is 2.63. The van der Waals surface area contributed by atoms with E-state index in [1.165, 1.54) is 11.1 Å². The fourth-order valence-corrected chi connectivity index (χ4v) is 1.29. The summed E-state index contributed by atoms with van der Waals surface area (Å²) in [5.74, 6) is 0.541. The van der Waals surface area contributed by atoms with Crippen LogP contribution in [0.4, 0.5) is 0 Å². The summed E-state index contributed by atoms with van der Waals surface area (Å²) in [6.45, 7) is 4.34. The summed E-state index contributed by atoms with van der Waals surface area (Å²) in [6, 6.07) is 6.19. The first-order valence-corrected chi connectivity index (χ1v) is 4.21. The number of nitrogens with zero attached hydrogens (tertiary/aromatic N) is 1. The van der Waals surface area contributed by atoms with E-state index in [1.54, 1.807) is 0 Å². The van der Waals surface area contributed by atoms with Crippen molar-refractivity contribution < 1.29 is 1.43 Å². The molecule has 0 bridgehead atoms. The smallest absolute Gasteiger partial charge is 0.137 e. The molecule has 0 saturated carbocycles. The van der Waals surface area contributed by atoms with Gasteiger partial charge >= 0.3 is 0 Å². The Bertz CT molecular complexity index is 359. The SMILES string of the molecule is CC(C)c1cc2cccnc2[nH]1.[HH]. The molecule has 1 N–H and O–H groups in total. The molecule has 12 heavy (non-hydrogen) atoms. The van der Waals surface area contributed by atoms with Crippen molar-refractivity contribution in [2.75, 3.05) is 0 Å². The van der Waals surface area contributed by atoms with E-state index in [2.05, 4.69) is 35.9 Å². The van der Waals surface area contributed by atoms with Crippen molar-refractivity contribution in [2.24, 2.45) is 0 Å². The third-order valence-electron chi connectivity index (χ3n) is 2.03. The van der Waals surface area contributed by atoms with Crippen molar-refractivity contribution in [1.82, 2.24) is 9.97 Å². The Labute approximate surface area is 73.1 Å². The number of aromatic amines is 1. The van der Waals surface area contributed by atoms with Crippen LogP contribution in [0.2, 0.25) is 0 Å². The van der Waals surface area contributed by atoms with Gasteiger partial charge in [-0.05, 0) is 24.1 Å². The molecule has 0 radical (unpaired) electrons. The molecule has 0 aliphatic rings. The average Bonchev–Trinajstić information content (AvgIpc) is 2.46. The van der Waals surface area contributed by atoms with E-state index < -0.39 is 0 Å². The summed E-state index contributed by atoms with van der Waals surface area (Å²) in [7, 11) is 0. The molecule has 2 heteroatoms. The number of hydrogen-bond acceptors (Lipinski definition) is 1. The van der Waals surface area contributed by atoms with Gasteiger partial charge in [-0.25, -0.2) is 4.98 Å². The molecule has 0 atom stereocenters. The molecule has 0 unspecified atom stereocenters. The Balaban J connectivity index is 0.000000845. The van der Waals surface area contributed by atoms with E-state index in [0.29, 0.717) is 5.92 Å². The molecule has 0 aliphatic heterocycles. The molecule has 2 rings (SSSR count). The fraction of sp³-hybridized carbons (Fsp3) is 0.300. The first-order valence-electron chi connectivity index (χ1n) is 4.21. The highest BCUT2D eigenvalue weighted by molar-refractivity contribution is 5.76. The van der Waals surface area contributed by atoms with Gasteiger partial charge in [0.15, 0.2) is 0 Å². The highest BCUT2D eigenvalue weighted by Gasteiger charge is 2.03. The molecule has 0 aromatic carbocycles. The van der Waals surface area contributed by atoms with Crippen LogP contribution in [0.1, 0.15) is 26.9 Å². The highest BCUT2D eigenvalue weighted by Crippen LogP contribution is 2.18. The van der Waals surface area contributed by atoms with Crippen LogP contribution in [-0.4, -0.2) is 9.97 Å². The molecule has 0 amide bonds. The lowest BCUT2D eigenvalue weighted by Crippen LogP contribution is -1.85. The van der Waals surface area contributed by atoms with E-state index in [1.807, 2.05) is 12.3 Å². The van der Waals surface area contributed by atoms with Gasteiger partial charge in [0, 0.05) is 18.7 Å². The summed E-state index contributed by atoms with van der Waals surface area (Å²) in [6.07, 6.45) is 1.81. The molecule has 0 spiro atoms. The van der Waals surface area contributed by atoms with Gasteiger partial charge < -0.3 is 4.98 Å². The topological polar surface area (TPSA) is 28.7 Å². The molecule has 2 nitrogen and oxygen atoms in total. The largest absolute Gasteiger partial charge is 0.343 e. The summed E-state index contributed by atoms with van der Waals surface area (Å²) in [5.41, 5.74) is 2.24. The van der Waals surface area contributed by atoms with Gasteiger partial charge in [-0.2, -0.15) is 0 Å². The third kappa shape index (κ3) is 1.09.